The first-order chi connectivity index (χ1) is 19.6. The number of halogens is 3. The number of benzene rings is 1. The van der Waals surface area contributed by atoms with Crippen LogP contribution in [-0.4, -0.2) is 49.4 Å². The fraction of sp³-hybridized carbons (Fsp3) is 0.269. The van der Waals surface area contributed by atoms with Gasteiger partial charge >= 0.3 is 6.18 Å². The van der Waals surface area contributed by atoms with Crippen molar-refractivity contribution in [3.8, 4) is 11.3 Å². The zero-order valence-corrected chi connectivity index (χ0v) is 22.9. The maximum atomic E-state index is 13.9. The number of carbonyl (C=O) groups excluding carboxylic acids is 1. The van der Waals surface area contributed by atoms with Crippen LogP contribution in [0.25, 0.3) is 11.3 Å². The molecule has 214 valence electrons. The third-order valence-corrected chi connectivity index (χ3v) is 6.44. The number of hydrogen-bond donors (Lipinski definition) is 4. The maximum absolute atomic E-state index is 13.9. The van der Waals surface area contributed by atoms with Crippen molar-refractivity contribution in [2.75, 3.05) is 24.3 Å². The van der Waals surface area contributed by atoms with E-state index < -0.39 is 23.5 Å². The van der Waals surface area contributed by atoms with Gasteiger partial charge in [0.2, 0.25) is 5.95 Å². The fourth-order valence-corrected chi connectivity index (χ4v) is 4.24. The molecule has 4 aromatic rings. The van der Waals surface area contributed by atoms with E-state index in [1.165, 1.54) is 13.1 Å². The molecular formula is C26H26F3N8O3P. The highest BCUT2D eigenvalue weighted by atomic mass is 31.1. The van der Waals surface area contributed by atoms with Gasteiger partial charge in [-0.15, -0.1) is 0 Å². The van der Waals surface area contributed by atoms with Gasteiger partial charge in [-0.25, -0.2) is 9.97 Å². The van der Waals surface area contributed by atoms with Crippen LogP contribution >= 0.6 is 8.46 Å². The molecule has 0 bridgehead atoms. The molecule has 41 heavy (non-hydrogen) atoms. The second-order valence-corrected chi connectivity index (χ2v) is 9.46. The predicted octanol–water partition coefficient (Wildman–Crippen LogP) is 5.08. The summed E-state index contributed by atoms with van der Waals surface area (Å²) in [4.78, 5) is 25.0. The van der Waals surface area contributed by atoms with Gasteiger partial charge in [0.05, 0.1) is 23.7 Å². The lowest BCUT2D eigenvalue weighted by atomic mass is 10.1. The van der Waals surface area contributed by atoms with E-state index in [1.807, 2.05) is 0 Å². The topological polar surface area (TPSA) is 147 Å². The molecule has 0 aliphatic carbocycles. The molecule has 4 N–H and O–H groups in total. The highest BCUT2D eigenvalue weighted by molar-refractivity contribution is 7.22. The van der Waals surface area contributed by atoms with Crippen LogP contribution in [0, 0.1) is 6.92 Å². The van der Waals surface area contributed by atoms with Gasteiger partial charge in [-0.2, -0.15) is 23.3 Å². The summed E-state index contributed by atoms with van der Waals surface area (Å²) >= 11 is 0. The number of rotatable bonds is 11. The van der Waals surface area contributed by atoms with E-state index in [0.717, 1.165) is 11.1 Å². The molecule has 0 saturated heterocycles. The molecule has 15 heteroatoms. The molecule has 0 saturated carbocycles. The Morgan fingerprint density at radius 2 is 1.88 bits per heavy atom. The van der Waals surface area contributed by atoms with Crippen LogP contribution < -0.4 is 16.0 Å². The number of hydrogen-bond acceptors (Lipinski definition) is 9. The number of alkyl halides is 3. The summed E-state index contributed by atoms with van der Waals surface area (Å²) in [7, 11) is 1.35. The minimum atomic E-state index is -4.79. The highest BCUT2D eigenvalue weighted by Crippen LogP contribution is 2.36. The van der Waals surface area contributed by atoms with E-state index >= 15 is 0 Å². The molecule has 4 rings (SSSR count). The molecule has 0 aliphatic rings. The third-order valence-electron chi connectivity index (χ3n) is 5.94. The fourth-order valence-electron chi connectivity index (χ4n) is 3.89. The monoisotopic (exact) mass is 586 g/mol. The molecule has 1 aromatic carbocycles. The van der Waals surface area contributed by atoms with Gasteiger partial charge in [0.15, 0.2) is 14.2 Å². The second kappa shape index (κ2) is 12.8. The van der Waals surface area contributed by atoms with Crippen molar-refractivity contribution >= 4 is 37.5 Å². The van der Waals surface area contributed by atoms with Crippen molar-refractivity contribution in [3.05, 3.63) is 71.3 Å². The third kappa shape index (κ3) is 7.21. The lowest BCUT2D eigenvalue weighted by Crippen LogP contribution is -2.21. The summed E-state index contributed by atoms with van der Waals surface area (Å²) in [5, 5.41) is 21.2. The van der Waals surface area contributed by atoms with Crippen molar-refractivity contribution in [1.82, 2.24) is 30.0 Å². The highest BCUT2D eigenvalue weighted by Gasteiger charge is 2.36. The SMILES string of the molecule is CNC(=O)c1nc(-c2cnn(CCCO)c2)ccc1Nc1nc(Nc2ccc(CP=O)cc2C)ncc1C(F)(F)F. The summed E-state index contributed by atoms with van der Waals surface area (Å²) in [5.41, 5.74) is 1.80. The molecule has 3 heterocycles. The number of aryl methyl sites for hydroxylation is 2. The van der Waals surface area contributed by atoms with Gasteiger partial charge in [0, 0.05) is 43.8 Å². The molecular weight excluding hydrogens is 560 g/mol. The van der Waals surface area contributed by atoms with Crippen molar-refractivity contribution < 1.29 is 27.6 Å². The number of aliphatic hydroxyl groups excluding tert-OH is 1. The Morgan fingerprint density at radius 3 is 2.56 bits per heavy atom. The Morgan fingerprint density at radius 1 is 1.10 bits per heavy atom. The van der Waals surface area contributed by atoms with Gasteiger partial charge in [-0.05, 0) is 42.7 Å². The summed E-state index contributed by atoms with van der Waals surface area (Å²) < 4.78 is 54.2. The zero-order chi connectivity index (χ0) is 29.6. The lowest BCUT2D eigenvalue weighted by Gasteiger charge is -2.17. The Bertz CT molecular complexity index is 1560. The smallest absolute Gasteiger partial charge is 0.396 e. The maximum Gasteiger partial charge on any atom is 0.421 e. The summed E-state index contributed by atoms with van der Waals surface area (Å²) in [6, 6.07) is 8.22. The van der Waals surface area contributed by atoms with Crippen LogP contribution in [0.5, 0.6) is 0 Å². The number of amides is 1. The van der Waals surface area contributed by atoms with Crippen molar-refractivity contribution in [2.24, 2.45) is 0 Å². The average molecular weight is 587 g/mol. The lowest BCUT2D eigenvalue weighted by molar-refractivity contribution is -0.137. The van der Waals surface area contributed by atoms with Crippen LogP contribution in [0.4, 0.5) is 36.3 Å². The standard InChI is InChI=1S/C26H26F3N8O3P/c1-15-10-16(14-41-40)4-5-19(15)35-25-31-12-18(26(27,28)29)23(36-25)34-21-7-6-20(33-22(21)24(39)30-2)17-11-32-37(13-17)8-3-9-38/h4-7,10-13,38H,3,8-9,14H2,1-2H3,(H,30,39)(H2,31,34,35,36). The van der Waals surface area contributed by atoms with Gasteiger partial charge in [-0.1, -0.05) is 12.1 Å². The van der Waals surface area contributed by atoms with Crippen molar-refractivity contribution in [2.45, 2.75) is 32.2 Å². The van der Waals surface area contributed by atoms with E-state index in [4.69, 9.17) is 5.11 Å². The number of carbonyl (C=O) groups is 1. The molecule has 3 aromatic heterocycles. The molecule has 0 fully saturated rings. The summed E-state index contributed by atoms with van der Waals surface area (Å²) in [6.07, 6.45) is -0.0701. The normalized spacial score (nSPS) is 11.5. The number of pyridine rings is 1. The Kier molecular flexibility index (Phi) is 9.25. The van der Waals surface area contributed by atoms with E-state index in [0.29, 0.717) is 42.3 Å². The predicted molar refractivity (Wildman–Crippen MR) is 147 cm³/mol. The molecule has 11 nitrogen and oxygen atoms in total. The van der Waals surface area contributed by atoms with Crippen molar-refractivity contribution in [1.29, 1.82) is 0 Å². The van der Waals surface area contributed by atoms with E-state index in [-0.39, 0.29) is 32.4 Å². The molecule has 1 amide bonds. The average Bonchev–Trinajstić information content (AvgIpc) is 3.42. The van der Waals surface area contributed by atoms with E-state index in [1.54, 1.807) is 48.3 Å². The number of aromatic nitrogens is 5. The summed E-state index contributed by atoms with van der Waals surface area (Å²) in [6.45, 7) is 2.27. The molecule has 0 radical (unpaired) electrons. The molecule has 0 atom stereocenters. The summed E-state index contributed by atoms with van der Waals surface area (Å²) in [5.74, 6) is -1.32. The molecule has 0 aliphatic heterocycles. The van der Waals surface area contributed by atoms with Gasteiger partial charge in [0.25, 0.3) is 5.91 Å². The first-order valence-corrected chi connectivity index (χ1v) is 13.4. The van der Waals surface area contributed by atoms with Crippen LogP contribution in [-0.2, 0) is 23.4 Å². The van der Waals surface area contributed by atoms with E-state index in [2.05, 4.69) is 36.0 Å². The van der Waals surface area contributed by atoms with Crippen LogP contribution in [0.1, 0.15) is 33.6 Å². The van der Waals surface area contributed by atoms with Gasteiger partial charge < -0.3 is 21.1 Å². The Balaban J connectivity index is 1.69. The van der Waals surface area contributed by atoms with Crippen molar-refractivity contribution in [3.63, 3.8) is 0 Å². The second-order valence-electron chi connectivity index (χ2n) is 8.88. The quantitative estimate of drug-likeness (QED) is 0.177. The van der Waals surface area contributed by atoms with E-state index in [9.17, 15) is 22.5 Å². The van der Waals surface area contributed by atoms with Crippen LogP contribution in [0.2, 0.25) is 0 Å². The Hall–Kier alpha value is -4.42. The first kappa shape index (κ1) is 29.6. The number of nitrogens with one attached hydrogen (secondary N) is 3. The largest absolute Gasteiger partial charge is 0.421 e. The minimum absolute atomic E-state index is 0.00297. The Labute approximate surface area is 234 Å². The van der Waals surface area contributed by atoms with Crippen LogP contribution in [0.3, 0.4) is 0 Å². The molecule has 0 unspecified atom stereocenters. The first-order valence-electron chi connectivity index (χ1n) is 12.4. The zero-order valence-electron chi connectivity index (χ0n) is 22.0. The van der Waals surface area contributed by atoms with Gasteiger partial charge in [-0.3, -0.25) is 14.0 Å². The minimum Gasteiger partial charge on any atom is -0.396 e. The number of nitrogens with zero attached hydrogens (tertiary/aromatic N) is 5. The number of aliphatic hydroxyl groups is 1. The number of anilines is 4. The van der Waals surface area contributed by atoms with Gasteiger partial charge in [0.1, 0.15) is 11.4 Å². The molecule has 0 spiro atoms. The van der Waals surface area contributed by atoms with Crippen LogP contribution in [0.15, 0.2) is 48.9 Å².